The second-order valence-corrected chi connectivity index (χ2v) is 6.25. The van der Waals surface area contributed by atoms with Gasteiger partial charge in [0.15, 0.2) is 0 Å². The van der Waals surface area contributed by atoms with Crippen LogP contribution in [0.4, 0.5) is 10.5 Å². The van der Waals surface area contributed by atoms with E-state index in [0.29, 0.717) is 30.9 Å². The van der Waals surface area contributed by atoms with Gasteiger partial charge < -0.3 is 19.9 Å². The first-order valence-electron chi connectivity index (χ1n) is 8.46. The number of esters is 1. The van der Waals surface area contributed by atoms with E-state index in [9.17, 15) is 14.4 Å². The van der Waals surface area contributed by atoms with Gasteiger partial charge in [0.25, 0.3) is 0 Å². The normalized spacial score (nSPS) is 16.9. The SMILES string of the molecule is CCOC(=O)c1ccc(NC(=O)[C@@H]2CCCN(C(=O)N(C)C)C2)cc1. The molecule has 0 aromatic heterocycles. The molecule has 7 nitrogen and oxygen atoms in total. The van der Waals surface area contributed by atoms with Crippen molar-refractivity contribution in [3.63, 3.8) is 0 Å². The highest BCUT2D eigenvalue weighted by atomic mass is 16.5. The highest BCUT2D eigenvalue weighted by Crippen LogP contribution is 2.20. The van der Waals surface area contributed by atoms with E-state index in [-0.39, 0.29) is 23.8 Å². The van der Waals surface area contributed by atoms with Gasteiger partial charge >= 0.3 is 12.0 Å². The number of nitrogens with zero attached hydrogens (tertiary/aromatic N) is 2. The summed E-state index contributed by atoms with van der Waals surface area (Å²) in [6.07, 6.45) is 1.56. The molecule has 1 aromatic rings. The van der Waals surface area contributed by atoms with Crippen LogP contribution >= 0.6 is 0 Å². The molecule has 25 heavy (non-hydrogen) atoms. The quantitative estimate of drug-likeness (QED) is 0.847. The molecule has 2 rings (SSSR count). The summed E-state index contributed by atoms with van der Waals surface area (Å²) in [5.74, 6) is -0.729. The van der Waals surface area contributed by atoms with Crippen LogP contribution in [0.1, 0.15) is 30.1 Å². The lowest BCUT2D eigenvalue weighted by Crippen LogP contribution is -2.47. The largest absolute Gasteiger partial charge is 0.462 e. The van der Waals surface area contributed by atoms with E-state index in [1.807, 2.05) is 0 Å². The molecular weight excluding hydrogens is 322 g/mol. The molecule has 1 atom stereocenters. The molecule has 1 N–H and O–H groups in total. The van der Waals surface area contributed by atoms with Crippen molar-refractivity contribution in [1.29, 1.82) is 0 Å². The Morgan fingerprint density at radius 1 is 1.24 bits per heavy atom. The summed E-state index contributed by atoms with van der Waals surface area (Å²) < 4.78 is 4.93. The molecule has 0 aliphatic carbocycles. The van der Waals surface area contributed by atoms with E-state index in [1.54, 1.807) is 50.2 Å². The Hall–Kier alpha value is -2.57. The molecule has 1 aliphatic rings. The van der Waals surface area contributed by atoms with Crippen LogP contribution in [0, 0.1) is 5.92 Å². The fraction of sp³-hybridized carbons (Fsp3) is 0.500. The topological polar surface area (TPSA) is 79.0 Å². The summed E-state index contributed by atoms with van der Waals surface area (Å²) in [6, 6.07) is 6.52. The fourth-order valence-electron chi connectivity index (χ4n) is 2.80. The maximum atomic E-state index is 12.5. The second-order valence-electron chi connectivity index (χ2n) is 6.25. The first-order valence-corrected chi connectivity index (χ1v) is 8.46. The summed E-state index contributed by atoms with van der Waals surface area (Å²) >= 11 is 0. The molecule has 1 aliphatic heterocycles. The van der Waals surface area contributed by atoms with E-state index in [0.717, 1.165) is 12.8 Å². The van der Waals surface area contributed by atoms with E-state index in [4.69, 9.17) is 4.74 Å². The Morgan fingerprint density at radius 2 is 1.92 bits per heavy atom. The van der Waals surface area contributed by atoms with Gasteiger partial charge in [-0.05, 0) is 44.0 Å². The standard InChI is InChI=1S/C18H25N3O4/c1-4-25-17(23)13-7-9-15(10-8-13)19-16(22)14-6-5-11-21(12-14)18(24)20(2)3/h7-10,14H,4-6,11-12H2,1-3H3,(H,19,22)/t14-/m1/s1. The van der Waals surface area contributed by atoms with Crippen LogP contribution in [0.5, 0.6) is 0 Å². The third kappa shape index (κ3) is 4.95. The minimum Gasteiger partial charge on any atom is -0.462 e. The average molecular weight is 347 g/mol. The zero-order valence-electron chi connectivity index (χ0n) is 14.9. The monoisotopic (exact) mass is 347 g/mol. The van der Waals surface area contributed by atoms with Gasteiger partial charge in [0.2, 0.25) is 5.91 Å². The van der Waals surface area contributed by atoms with Gasteiger partial charge in [0.05, 0.1) is 18.1 Å². The van der Waals surface area contributed by atoms with E-state index >= 15 is 0 Å². The Labute approximate surface area is 147 Å². The van der Waals surface area contributed by atoms with E-state index in [2.05, 4.69) is 5.32 Å². The van der Waals surface area contributed by atoms with Crippen LogP contribution in [0.2, 0.25) is 0 Å². The minimum absolute atomic E-state index is 0.0729. The number of hydrogen-bond donors (Lipinski definition) is 1. The lowest BCUT2D eigenvalue weighted by atomic mass is 9.97. The summed E-state index contributed by atoms with van der Waals surface area (Å²) in [5, 5.41) is 2.86. The van der Waals surface area contributed by atoms with Crippen molar-refractivity contribution in [2.45, 2.75) is 19.8 Å². The van der Waals surface area contributed by atoms with Crippen molar-refractivity contribution in [2.75, 3.05) is 39.1 Å². The van der Waals surface area contributed by atoms with Gasteiger partial charge in [-0.2, -0.15) is 0 Å². The Bertz CT molecular complexity index is 628. The fourth-order valence-corrected chi connectivity index (χ4v) is 2.80. The Kier molecular flexibility index (Phi) is 6.38. The molecule has 0 radical (unpaired) electrons. The van der Waals surface area contributed by atoms with Crippen LogP contribution < -0.4 is 5.32 Å². The number of piperidine rings is 1. The molecule has 1 aromatic carbocycles. The Balaban J connectivity index is 1.95. The summed E-state index contributed by atoms with van der Waals surface area (Å²) in [7, 11) is 3.41. The number of anilines is 1. The van der Waals surface area contributed by atoms with Crippen LogP contribution in [0.15, 0.2) is 24.3 Å². The number of rotatable bonds is 4. The van der Waals surface area contributed by atoms with Crippen LogP contribution in [0.3, 0.4) is 0 Å². The van der Waals surface area contributed by atoms with Crippen LogP contribution in [0.25, 0.3) is 0 Å². The summed E-state index contributed by atoms with van der Waals surface area (Å²) in [5.41, 5.74) is 1.06. The molecular formula is C18H25N3O4. The number of hydrogen-bond acceptors (Lipinski definition) is 4. The summed E-state index contributed by atoms with van der Waals surface area (Å²) in [6.45, 7) is 3.17. The van der Waals surface area contributed by atoms with Crippen LogP contribution in [-0.2, 0) is 9.53 Å². The number of carbonyl (C=O) groups is 3. The van der Waals surface area contributed by atoms with E-state index < -0.39 is 0 Å². The number of likely N-dealkylation sites (tertiary alicyclic amines) is 1. The maximum Gasteiger partial charge on any atom is 0.338 e. The molecule has 0 saturated carbocycles. The molecule has 0 bridgehead atoms. The maximum absolute atomic E-state index is 12.5. The molecule has 0 spiro atoms. The van der Waals surface area contributed by atoms with Gasteiger partial charge in [0.1, 0.15) is 0 Å². The first-order chi connectivity index (χ1) is 11.9. The number of amides is 3. The zero-order valence-corrected chi connectivity index (χ0v) is 14.9. The highest BCUT2D eigenvalue weighted by molar-refractivity contribution is 5.94. The van der Waals surface area contributed by atoms with E-state index in [1.165, 1.54) is 4.90 Å². The van der Waals surface area contributed by atoms with Crippen molar-refractivity contribution in [3.05, 3.63) is 29.8 Å². The number of nitrogens with one attached hydrogen (secondary N) is 1. The predicted octanol–water partition coefficient (Wildman–Crippen LogP) is 2.20. The molecule has 7 heteroatoms. The predicted molar refractivity (Wildman–Crippen MR) is 94.4 cm³/mol. The smallest absolute Gasteiger partial charge is 0.338 e. The van der Waals surface area contributed by atoms with Gasteiger partial charge in [0, 0.05) is 32.9 Å². The molecule has 0 unspecified atom stereocenters. The molecule has 3 amide bonds. The lowest BCUT2D eigenvalue weighted by Gasteiger charge is -2.33. The average Bonchev–Trinajstić information content (AvgIpc) is 2.61. The third-order valence-electron chi connectivity index (χ3n) is 4.11. The molecule has 1 saturated heterocycles. The lowest BCUT2D eigenvalue weighted by molar-refractivity contribution is -0.121. The molecule has 136 valence electrons. The summed E-state index contributed by atoms with van der Waals surface area (Å²) in [4.78, 5) is 39.4. The minimum atomic E-state index is -0.384. The number of carbonyl (C=O) groups excluding carboxylic acids is 3. The number of urea groups is 1. The second kappa shape index (κ2) is 8.50. The number of benzene rings is 1. The molecule has 1 heterocycles. The van der Waals surface area contributed by atoms with Gasteiger partial charge in [-0.1, -0.05) is 0 Å². The Morgan fingerprint density at radius 3 is 2.52 bits per heavy atom. The molecule has 1 fully saturated rings. The first kappa shape index (κ1) is 18.8. The van der Waals surface area contributed by atoms with Crippen molar-refractivity contribution >= 4 is 23.6 Å². The van der Waals surface area contributed by atoms with Crippen molar-refractivity contribution in [2.24, 2.45) is 5.92 Å². The highest BCUT2D eigenvalue weighted by Gasteiger charge is 2.29. The third-order valence-corrected chi connectivity index (χ3v) is 4.11. The van der Waals surface area contributed by atoms with Crippen molar-refractivity contribution in [3.8, 4) is 0 Å². The number of ether oxygens (including phenoxy) is 1. The van der Waals surface area contributed by atoms with Gasteiger partial charge in [-0.25, -0.2) is 9.59 Å². The van der Waals surface area contributed by atoms with Gasteiger partial charge in [-0.15, -0.1) is 0 Å². The van der Waals surface area contributed by atoms with Crippen LogP contribution in [-0.4, -0.2) is 61.5 Å². The van der Waals surface area contributed by atoms with Gasteiger partial charge in [-0.3, -0.25) is 4.79 Å². The van der Waals surface area contributed by atoms with Crippen molar-refractivity contribution < 1.29 is 19.1 Å². The zero-order chi connectivity index (χ0) is 18.4. The van der Waals surface area contributed by atoms with Crippen molar-refractivity contribution in [1.82, 2.24) is 9.80 Å².